The van der Waals surface area contributed by atoms with E-state index in [-0.39, 0.29) is 5.92 Å². The van der Waals surface area contributed by atoms with E-state index in [0.717, 1.165) is 5.56 Å². The third-order valence-electron chi connectivity index (χ3n) is 3.23. The zero-order chi connectivity index (χ0) is 16.2. The molecule has 0 radical (unpaired) electrons. The zero-order valence-corrected chi connectivity index (χ0v) is 12.9. The summed E-state index contributed by atoms with van der Waals surface area (Å²) in [4.78, 5) is 23.4. The largest absolute Gasteiger partial charge is 0.496 e. The van der Waals surface area contributed by atoms with Crippen molar-refractivity contribution in [2.24, 2.45) is 5.92 Å². The first-order valence-electron chi connectivity index (χ1n) is 6.58. The highest BCUT2D eigenvalue weighted by Crippen LogP contribution is 2.29. The summed E-state index contributed by atoms with van der Waals surface area (Å²) < 4.78 is 10.4. The summed E-state index contributed by atoms with van der Waals surface area (Å²) >= 11 is 0. The van der Waals surface area contributed by atoms with Crippen LogP contribution in [0.4, 0.5) is 0 Å². The van der Waals surface area contributed by atoms with Gasteiger partial charge in [0.25, 0.3) is 5.91 Å². The van der Waals surface area contributed by atoms with Gasteiger partial charge in [-0.1, -0.05) is 13.8 Å². The maximum absolute atomic E-state index is 12.2. The molecule has 1 amide bonds. The van der Waals surface area contributed by atoms with Gasteiger partial charge in [0.1, 0.15) is 17.5 Å². The molecule has 0 aromatic heterocycles. The van der Waals surface area contributed by atoms with Gasteiger partial charge in [-0.2, -0.15) is 0 Å². The average molecular weight is 295 g/mol. The first kappa shape index (κ1) is 16.8. The summed E-state index contributed by atoms with van der Waals surface area (Å²) in [5.41, 5.74) is 1.07. The van der Waals surface area contributed by atoms with Crippen LogP contribution in [0.3, 0.4) is 0 Å². The minimum Gasteiger partial charge on any atom is -0.496 e. The van der Waals surface area contributed by atoms with E-state index in [9.17, 15) is 9.59 Å². The van der Waals surface area contributed by atoms with E-state index in [1.54, 1.807) is 26.0 Å². The maximum Gasteiger partial charge on any atom is 0.326 e. The molecule has 2 N–H and O–H groups in total. The number of nitrogens with one attached hydrogen (secondary N) is 1. The molecule has 1 rings (SSSR count). The van der Waals surface area contributed by atoms with Gasteiger partial charge in [0, 0.05) is 11.1 Å². The lowest BCUT2D eigenvalue weighted by atomic mass is 10.0. The van der Waals surface area contributed by atoms with Crippen molar-refractivity contribution in [1.29, 1.82) is 0 Å². The fourth-order valence-corrected chi connectivity index (χ4v) is 1.96. The van der Waals surface area contributed by atoms with E-state index in [4.69, 9.17) is 14.6 Å². The summed E-state index contributed by atoms with van der Waals surface area (Å²) in [5, 5.41) is 11.6. The fraction of sp³-hybridized carbons (Fsp3) is 0.467. The highest BCUT2D eigenvalue weighted by atomic mass is 16.5. The van der Waals surface area contributed by atoms with Crippen molar-refractivity contribution in [2.75, 3.05) is 14.2 Å². The van der Waals surface area contributed by atoms with Gasteiger partial charge in [0.2, 0.25) is 0 Å². The van der Waals surface area contributed by atoms with E-state index >= 15 is 0 Å². The van der Waals surface area contributed by atoms with Crippen LogP contribution in [-0.4, -0.2) is 37.2 Å². The monoisotopic (exact) mass is 295 g/mol. The average Bonchev–Trinajstić information content (AvgIpc) is 2.43. The number of carboxylic acid groups (broad SMARTS) is 1. The Morgan fingerprint density at radius 1 is 1.14 bits per heavy atom. The van der Waals surface area contributed by atoms with Gasteiger partial charge in [-0.3, -0.25) is 4.79 Å². The number of ether oxygens (including phenoxy) is 2. The van der Waals surface area contributed by atoms with Crippen molar-refractivity contribution < 1.29 is 24.2 Å². The zero-order valence-electron chi connectivity index (χ0n) is 12.9. The number of aliphatic carboxylic acids is 1. The fourth-order valence-electron chi connectivity index (χ4n) is 1.96. The number of carbonyl (C=O) groups excluding carboxylic acids is 1. The summed E-state index contributed by atoms with van der Waals surface area (Å²) in [7, 11) is 3.00. The van der Waals surface area contributed by atoms with Crippen molar-refractivity contribution >= 4 is 11.9 Å². The van der Waals surface area contributed by atoms with Gasteiger partial charge in [-0.05, 0) is 25.0 Å². The van der Waals surface area contributed by atoms with Crippen molar-refractivity contribution in [2.45, 2.75) is 26.8 Å². The molecule has 1 aromatic carbocycles. The molecular weight excluding hydrogens is 274 g/mol. The molecule has 0 saturated heterocycles. The van der Waals surface area contributed by atoms with Crippen LogP contribution >= 0.6 is 0 Å². The van der Waals surface area contributed by atoms with Gasteiger partial charge in [-0.15, -0.1) is 0 Å². The van der Waals surface area contributed by atoms with Gasteiger partial charge < -0.3 is 19.9 Å². The number of hydrogen-bond donors (Lipinski definition) is 2. The van der Waals surface area contributed by atoms with Gasteiger partial charge in [0.15, 0.2) is 0 Å². The molecule has 21 heavy (non-hydrogen) atoms. The Bertz CT molecular complexity index is 514. The molecule has 1 atom stereocenters. The molecule has 0 bridgehead atoms. The van der Waals surface area contributed by atoms with E-state index in [1.165, 1.54) is 14.2 Å². The number of hydrogen-bond acceptors (Lipinski definition) is 4. The van der Waals surface area contributed by atoms with Crippen LogP contribution in [0.2, 0.25) is 0 Å². The van der Waals surface area contributed by atoms with Crippen LogP contribution in [0.5, 0.6) is 11.5 Å². The first-order chi connectivity index (χ1) is 9.81. The lowest BCUT2D eigenvalue weighted by molar-refractivity contribution is -0.140. The van der Waals surface area contributed by atoms with E-state index in [0.29, 0.717) is 17.1 Å². The minimum atomic E-state index is -1.07. The van der Waals surface area contributed by atoms with Crippen LogP contribution < -0.4 is 14.8 Å². The lowest BCUT2D eigenvalue weighted by Crippen LogP contribution is -2.44. The topological polar surface area (TPSA) is 84.9 Å². The quantitative estimate of drug-likeness (QED) is 0.836. The summed E-state index contributed by atoms with van der Waals surface area (Å²) in [6.45, 7) is 5.28. The molecule has 0 fully saturated rings. The van der Waals surface area contributed by atoms with E-state index in [2.05, 4.69) is 5.32 Å². The Labute approximate surface area is 124 Å². The minimum absolute atomic E-state index is 0.222. The normalized spacial score (nSPS) is 11.9. The van der Waals surface area contributed by atoms with E-state index in [1.807, 2.05) is 6.92 Å². The molecular formula is C15H21NO5. The van der Waals surface area contributed by atoms with Gasteiger partial charge in [-0.25, -0.2) is 4.79 Å². The molecule has 0 spiro atoms. The molecule has 0 aliphatic rings. The molecule has 6 nitrogen and oxygen atoms in total. The van der Waals surface area contributed by atoms with Gasteiger partial charge in [0.05, 0.1) is 14.2 Å². The second kappa shape index (κ2) is 6.97. The Morgan fingerprint density at radius 3 is 1.95 bits per heavy atom. The van der Waals surface area contributed by atoms with Crippen molar-refractivity contribution in [3.8, 4) is 11.5 Å². The number of rotatable bonds is 6. The van der Waals surface area contributed by atoms with Crippen LogP contribution in [0.25, 0.3) is 0 Å². The standard InChI is InChI=1S/C15H21NO5/c1-8(2)13(15(18)19)16-14(17)10-6-11(20-4)9(3)12(7-10)21-5/h6-8,13H,1-5H3,(H,16,17)(H,18,19). The van der Waals surface area contributed by atoms with Crippen LogP contribution in [0.1, 0.15) is 29.8 Å². The second-order valence-corrected chi connectivity index (χ2v) is 5.04. The molecule has 0 heterocycles. The Kier molecular flexibility index (Phi) is 5.58. The molecule has 116 valence electrons. The maximum atomic E-state index is 12.2. The third kappa shape index (κ3) is 3.87. The first-order valence-corrected chi connectivity index (χ1v) is 6.58. The van der Waals surface area contributed by atoms with Crippen LogP contribution in [0.15, 0.2) is 12.1 Å². The van der Waals surface area contributed by atoms with Crippen LogP contribution in [-0.2, 0) is 4.79 Å². The number of amides is 1. The highest BCUT2D eigenvalue weighted by Gasteiger charge is 2.24. The smallest absolute Gasteiger partial charge is 0.326 e. The van der Waals surface area contributed by atoms with Crippen molar-refractivity contribution in [3.05, 3.63) is 23.3 Å². The molecule has 0 saturated carbocycles. The lowest BCUT2D eigenvalue weighted by Gasteiger charge is -2.19. The Morgan fingerprint density at radius 2 is 1.62 bits per heavy atom. The van der Waals surface area contributed by atoms with E-state index < -0.39 is 17.9 Å². The summed E-state index contributed by atoms with van der Waals surface area (Å²) in [6.07, 6.45) is 0. The SMILES string of the molecule is COc1cc(C(=O)NC(C(=O)O)C(C)C)cc(OC)c1C. The predicted octanol–water partition coefficient (Wildman–Crippen LogP) is 1.85. The number of benzene rings is 1. The molecule has 6 heteroatoms. The second-order valence-electron chi connectivity index (χ2n) is 5.04. The number of carboxylic acids is 1. The van der Waals surface area contributed by atoms with Gasteiger partial charge >= 0.3 is 5.97 Å². The van der Waals surface area contributed by atoms with Crippen LogP contribution in [0, 0.1) is 12.8 Å². The molecule has 1 unspecified atom stereocenters. The third-order valence-corrected chi connectivity index (χ3v) is 3.23. The Hall–Kier alpha value is -2.24. The summed E-state index contributed by atoms with van der Waals surface area (Å²) in [6, 6.07) is 2.18. The predicted molar refractivity (Wildman–Crippen MR) is 78.0 cm³/mol. The molecule has 0 aliphatic carbocycles. The number of methoxy groups -OCH3 is 2. The molecule has 0 aliphatic heterocycles. The molecule has 1 aromatic rings. The van der Waals surface area contributed by atoms with Crippen molar-refractivity contribution in [3.63, 3.8) is 0 Å². The van der Waals surface area contributed by atoms with Crippen molar-refractivity contribution in [1.82, 2.24) is 5.32 Å². The summed E-state index contributed by atoms with van der Waals surface area (Å²) in [5.74, 6) is -0.746. The highest BCUT2D eigenvalue weighted by molar-refractivity contribution is 5.97. The number of carbonyl (C=O) groups is 2. The Balaban J connectivity index is 3.10.